The summed E-state index contributed by atoms with van der Waals surface area (Å²) in [6.45, 7) is 9.68. The first-order valence-corrected chi connectivity index (χ1v) is 7.43. The van der Waals surface area contributed by atoms with Gasteiger partial charge in [0.2, 0.25) is 0 Å². The first kappa shape index (κ1) is 14.6. The van der Waals surface area contributed by atoms with E-state index < -0.39 is 0 Å². The molecule has 0 unspecified atom stereocenters. The molecule has 0 aliphatic heterocycles. The molecule has 0 fully saturated rings. The van der Waals surface area contributed by atoms with E-state index in [1.165, 1.54) is 27.9 Å². The van der Waals surface area contributed by atoms with Crippen molar-refractivity contribution in [2.24, 2.45) is 5.92 Å². The molecule has 0 bridgehead atoms. The minimum Gasteiger partial charge on any atom is -0.381 e. The van der Waals surface area contributed by atoms with Crippen LogP contribution in [0.5, 0.6) is 0 Å². The van der Waals surface area contributed by atoms with Crippen molar-refractivity contribution in [3.05, 3.63) is 64.7 Å². The lowest BCUT2D eigenvalue weighted by Crippen LogP contribution is -2.02. The molecule has 0 saturated carbocycles. The molecule has 2 rings (SSSR count). The summed E-state index contributed by atoms with van der Waals surface area (Å²) in [5.74, 6) is 0.717. The topological polar surface area (TPSA) is 12.0 Å². The summed E-state index contributed by atoms with van der Waals surface area (Å²) < 4.78 is 0. The molecule has 0 aliphatic carbocycles. The van der Waals surface area contributed by atoms with Gasteiger partial charge in [-0.2, -0.15) is 0 Å². The summed E-state index contributed by atoms with van der Waals surface area (Å²) in [6, 6.07) is 15.5. The summed E-state index contributed by atoms with van der Waals surface area (Å²) in [6.07, 6.45) is 1.16. The summed E-state index contributed by atoms with van der Waals surface area (Å²) in [5.41, 5.74) is 6.59. The molecule has 0 saturated heterocycles. The van der Waals surface area contributed by atoms with E-state index in [4.69, 9.17) is 0 Å². The molecule has 106 valence electrons. The Morgan fingerprint density at radius 3 is 2.20 bits per heavy atom. The van der Waals surface area contributed by atoms with Gasteiger partial charge in [-0.25, -0.2) is 0 Å². The molecule has 1 N–H and O–H groups in total. The van der Waals surface area contributed by atoms with Gasteiger partial charge in [0.05, 0.1) is 0 Å². The van der Waals surface area contributed by atoms with E-state index in [9.17, 15) is 0 Å². The molecule has 0 radical (unpaired) electrons. The summed E-state index contributed by atoms with van der Waals surface area (Å²) in [5, 5.41) is 3.53. The van der Waals surface area contributed by atoms with Gasteiger partial charge in [-0.05, 0) is 54.5 Å². The first-order valence-electron chi connectivity index (χ1n) is 7.43. The minimum absolute atomic E-state index is 0.717. The van der Waals surface area contributed by atoms with Crippen molar-refractivity contribution >= 4 is 5.69 Å². The quantitative estimate of drug-likeness (QED) is 0.793. The fourth-order valence-electron chi connectivity index (χ4n) is 2.39. The molecule has 0 heterocycles. The van der Waals surface area contributed by atoms with Crippen LogP contribution in [0.15, 0.2) is 42.5 Å². The highest BCUT2D eigenvalue weighted by molar-refractivity contribution is 5.52. The van der Waals surface area contributed by atoms with Crippen molar-refractivity contribution in [2.75, 3.05) is 5.32 Å². The molecule has 0 spiro atoms. The Bertz CT molecular complexity index is 552. The highest BCUT2D eigenvalue weighted by Gasteiger charge is 2.00. The third kappa shape index (κ3) is 4.12. The smallest absolute Gasteiger partial charge is 0.0400 e. The lowest BCUT2D eigenvalue weighted by molar-refractivity contribution is 0.647. The van der Waals surface area contributed by atoms with E-state index in [-0.39, 0.29) is 0 Å². The van der Waals surface area contributed by atoms with Crippen LogP contribution in [-0.2, 0) is 13.0 Å². The Kier molecular flexibility index (Phi) is 4.84. The van der Waals surface area contributed by atoms with Crippen molar-refractivity contribution in [3.63, 3.8) is 0 Å². The predicted octanol–water partition coefficient (Wildman–Crippen LogP) is 5.11. The number of rotatable bonds is 5. The van der Waals surface area contributed by atoms with Gasteiger partial charge in [-0.3, -0.25) is 0 Å². The van der Waals surface area contributed by atoms with Crippen molar-refractivity contribution in [2.45, 2.75) is 40.7 Å². The fourth-order valence-corrected chi connectivity index (χ4v) is 2.39. The van der Waals surface area contributed by atoms with Gasteiger partial charge in [0, 0.05) is 12.2 Å². The first-order chi connectivity index (χ1) is 9.54. The van der Waals surface area contributed by atoms with E-state index in [1.807, 2.05) is 0 Å². The lowest BCUT2D eigenvalue weighted by atomic mass is 10.0. The second-order valence-electron chi connectivity index (χ2n) is 6.09. The normalized spacial score (nSPS) is 10.8. The molecule has 0 amide bonds. The van der Waals surface area contributed by atoms with Crippen molar-refractivity contribution in [3.8, 4) is 0 Å². The van der Waals surface area contributed by atoms with Gasteiger partial charge in [-0.1, -0.05) is 50.2 Å². The zero-order valence-electron chi connectivity index (χ0n) is 13.0. The average molecular weight is 267 g/mol. The third-order valence-electron chi connectivity index (χ3n) is 3.54. The SMILES string of the molecule is Cc1ccc(C)c(NCc2ccc(CC(C)C)cc2)c1. The van der Waals surface area contributed by atoms with Crippen molar-refractivity contribution < 1.29 is 0 Å². The average Bonchev–Trinajstić information content (AvgIpc) is 2.41. The van der Waals surface area contributed by atoms with Gasteiger partial charge in [0.1, 0.15) is 0 Å². The maximum absolute atomic E-state index is 3.53. The lowest BCUT2D eigenvalue weighted by Gasteiger charge is -2.11. The summed E-state index contributed by atoms with van der Waals surface area (Å²) in [7, 11) is 0. The zero-order chi connectivity index (χ0) is 14.5. The maximum Gasteiger partial charge on any atom is 0.0400 e. The molecular weight excluding hydrogens is 242 g/mol. The van der Waals surface area contributed by atoms with Crippen LogP contribution in [0.3, 0.4) is 0 Å². The largest absolute Gasteiger partial charge is 0.381 e. The third-order valence-corrected chi connectivity index (χ3v) is 3.54. The second kappa shape index (κ2) is 6.60. The molecule has 2 aromatic carbocycles. The fraction of sp³-hybridized carbons (Fsp3) is 0.368. The van der Waals surface area contributed by atoms with E-state index in [0.29, 0.717) is 5.92 Å². The number of hydrogen-bond donors (Lipinski definition) is 1. The molecule has 2 aromatic rings. The molecular formula is C19H25N. The van der Waals surface area contributed by atoms with E-state index in [0.717, 1.165) is 13.0 Å². The van der Waals surface area contributed by atoms with Crippen LogP contribution in [0.2, 0.25) is 0 Å². The van der Waals surface area contributed by atoms with E-state index in [2.05, 4.69) is 75.5 Å². The molecule has 20 heavy (non-hydrogen) atoms. The molecule has 0 aliphatic rings. The summed E-state index contributed by atoms with van der Waals surface area (Å²) >= 11 is 0. The molecule has 0 atom stereocenters. The number of anilines is 1. The Balaban J connectivity index is 1.98. The molecule has 1 nitrogen and oxygen atoms in total. The number of hydrogen-bond acceptors (Lipinski definition) is 1. The zero-order valence-corrected chi connectivity index (χ0v) is 13.0. The predicted molar refractivity (Wildman–Crippen MR) is 88.2 cm³/mol. The van der Waals surface area contributed by atoms with Crippen LogP contribution >= 0.6 is 0 Å². The Labute approximate surface area is 123 Å². The molecule has 0 aromatic heterocycles. The van der Waals surface area contributed by atoms with Crippen LogP contribution in [0.4, 0.5) is 5.69 Å². The van der Waals surface area contributed by atoms with Crippen LogP contribution in [0, 0.1) is 19.8 Å². The van der Waals surface area contributed by atoms with Gasteiger partial charge in [0.25, 0.3) is 0 Å². The van der Waals surface area contributed by atoms with Crippen LogP contribution < -0.4 is 5.32 Å². The number of aryl methyl sites for hydroxylation is 2. The van der Waals surface area contributed by atoms with Crippen LogP contribution in [-0.4, -0.2) is 0 Å². The standard InChI is InChI=1S/C19H25N/c1-14(2)11-17-7-9-18(10-8-17)13-20-19-12-15(3)5-6-16(19)4/h5-10,12,14,20H,11,13H2,1-4H3. The Morgan fingerprint density at radius 2 is 1.55 bits per heavy atom. The highest BCUT2D eigenvalue weighted by Crippen LogP contribution is 2.18. The highest BCUT2D eigenvalue weighted by atomic mass is 14.9. The monoisotopic (exact) mass is 267 g/mol. The number of nitrogens with one attached hydrogen (secondary N) is 1. The van der Waals surface area contributed by atoms with Gasteiger partial charge >= 0.3 is 0 Å². The van der Waals surface area contributed by atoms with Gasteiger partial charge < -0.3 is 5.32 Å². The van der Waals surface area contributed by atoms with Crippen molar-refractivity contribution in [1.82, 2.24) is 0 Å². The molecule has 1 heteroatoms. The van der Waals surface area contributed by atoms with Gasteiger partial charge in [-0.15, -0.1) is 0 Å². The maximum atomic E-state index is 3.53. The Morgan fingerprint density at radius 1 is 0.900 bits per heavy atom. The van der Waals surface area contributed by atoms with E-state index >= 15 is 0 Å². The second-order valence-corrected chi connectivity index (χ2v) is 6.09. The number of benzene rings is 2. The summed E-state index contributed by atoms with van der Waals surface area (Å²) in [4.78, 5) is 0. The minimum atomic E-state index is 0.717. The Hall–Kier alpha value is -1.76. The van der Waals surface area contributed by atoms with E-state index in [1.54, 1.807) is 0 Å². The van der Waals surface area contributed by atoms with Crippen molar-refractivity contribution in [1.29, 1.82) is 0 Å². The van der Waals surface area contributed by atoms with Crippen LogP contribution in [0.25, 0.3) is 0 Å². The van der Waals surface area contributed by atoms with Gasteiger partial charge in [0.15, 0.2) is 0 Å². The van der Waals surface area contributed by atoms with Crippen LogP contribution in [0.1, 0.15) is 36.1 Å².